The zero-order chi connectivity index (χ0) is 14.3. The molecular weight excluding hydrogens is 346 g/mol. The maximum atomic E-state index is 11.6. The van der Waals surface area contributed by atoms with Gasteiger partial charge in [0.1, 0.15) is 15.9 Å². The van der Waals surface area contributed by atoms with Gasteiger partial charge in [0.25, 0.3) is 0 Å². The third kappa shape index (κ3) is 2.20. The Morgan fingerprint density at radius 3 is 3.10 bits per heavy atom. The lowest BCUT2D eigenvalue weighted by Gasteiger charge is -2.09. The van der Waals surface area contributed by atoms with Crippen molar-refractivity contribution in [2.75, 3.05) is 7.11 Å². The summed E-state index contributed by atoms with van der Waals surface area (Å²) in [5.41, 5.74) is 0.769. The van der Waals surface area contributed by atoms with Gasteiger partial charge < -0.3 is 4.74 Å². The Kier molecular flexibility index (Phi) is 3.69. The lowest BCUT2D eigenvalue weighted by atomic mass is 10.0. The molecule has 0 spiro atoms. The van der Waals surface area contributed by atoms with Crippen LogP contribution in [0.1, 0.15) is 31.0 Å². The molecule has 1 fully saturated rings. The van der Waals surface area contributed by atoms with E-state index < -0.39 is 0 Å². The summed E-state index contributed by atoms with van der Waals surface area (Å²) in [4.78, 5) is 20.2. The van der Waals surface area contributed by atoms with E-state index in [4.69, 9.17) is 16.3 Å². The molecule has 0 aromatic carbocycles. The molecule has 0 unspecified atom stereocenters. The number of halogens is 2. The van der Waals surface area contributed by atoms with Gasteiger partial charge in [0.15, 0.2) is 5.15 Å². The highest BCUT2D eigenvalue weighted by atomic mass is 79.9. The summed E-state index contributed by atoms with van der Waals surface area (Å²) in [6.45, 7) is 0. The molecule has 0 radical (unpaired) electrons. The Balaban J connectivity index is 1.96. The smallest absolute Gasteiger partial charge is 0.308 e. The van der Waals surface area contributed by atoms with E-state index in [0.29, 0.717) is 9.76 Å². The van der Waals surface area contributed by atoms with Crippen molar-refractivity contribution >= 4 is 39.0 Å². The highest BCUT2D eigenvalue weighted by Gasteiger charge is 2.34. The molecular formula is C13H13BrClN3O2. The number of ether oxygens (including phenoxy) is 1. The largest absolute Gasteiger partial charge is 0.469 e. The fourth-order valence-corrected chi connectivity index (χ4v) is 3.78. The monoisotopic (exact) mass is 357 g/mol. The van der Waals surface area contributed by atoms with Gasteiger partial charge >= 0.3 is 5.97 Å². The van der Waals surface area contributed by atoms with Crippen LogP contribution in [0.3, 0.4) is 0 Å². The second-order valence-corrected chi connectivity index (χ2v) is 6.04. The third-order valence-corrected chi connectivity index (χ3v) is 4.66. The quantitative estimate of drug-likeness (QED) is 0.774. The van der Waals surface area contributed by atoms with Crippen molar-refractivity contribution in [3.05, 3.63) is 28.0 Å². The summed E-state index contributed by atoms with van der Waals surface area (Å²) in [6.07, 6.45) is 6.02. The van der Waals surface area contributed by atoms with E-state index in [1.165, 1.54) is 7.11 Å². The molecule has 3 rings (SSSR count). The normalized spacial score (nSPS) is 22.4. The summed E-state index contributed by atoms with van der Waals surface area (Å²) in [6, 6.07) is 0. The number of fused-ring (bicyclic) bond motifs is 1. The molecule has 2 aromatic rings. The van der Waals surface area contributed by atoms with Gasteiger partial charge in [-0.1, -0.05) is 11.6 Å². The fraction of sp³-hybridized carbons (Fsp3) is 0.462. The van der Waals surface area contributed by atoms with Crippen molar-refractivity contribution in [3.63, 3.8) is 0 Å². The lowest BCUT2D eigenvalue weighted by molar-refractivity contribution is -0.145. The number of imidazole rings is 1. The zero-order valence-electron chi connectivity index (χ0n) is 10.8. The zero-order valence-corrected chi connectivity index (χ0v) is 13.2. The molecule has 0 saturated heterocycles. The number of carbonyl (C=O) groups is 1. The molecule has 0 aliphatic heterocycles. The average molecular weight is 359 g/mol. The lowest BCUT2D eigenvalue weighted by Crippen LogP contribution is -2.13. The Morgan fingerprint density at radius 1 is 1.55 bits per heavy atom. The number of esters is 1. The molecule has 0 bridgehead atoms. The van der Waals surface area contributed by atoms with Gasteiger partial charge in [-0.15, -0.1) is 0 Å². The maximum Gasteiger partial charge on any atom is 0.308 e. The van der Waals surface area contributed by atoms with Crippen LogP contribution in [0.25, 0.3) is 5.52 Å². The van der Waals surface area contributed by atoms with Crippen molar-refractivity contribution in [2.24, 2.45) is 5.92 Å². The van der Waals surface area contributed by atoms with E-state index in [1.54, 1.807) is 6.20 Å². The maximum absolute atomic E-state index is 11.6. The topological polar surface area (TPSA) is 56.5 Å². The van der Waals surface area contributed by atoms with E-state index in [9.17, 15) is 4.79 Å². The summed E-state index contributed by atoms with van der Waals surface area (Å²) in [5, 5.41) is 0.417. The molecule has 0 amide bonds. The number of hydrogen-bond donors (Lipinski definition) is 0. The van der Waals surface area contributed by atoms with E-state index in [1.807, 2.05) is 10.6 Å². The van der Waals surface area contributed by atoms with E-state index in [-0.39, 0.29) is 17.8 Å². The number of methoxy groups -OCH3 is 1. The summed E-state index contributed by atoms with van der Waals surface area (Å²) < 4.78 is 7.46. The van der Waals surface area contributed by atoms with Crippen LogP contribution in [0, 0.1) is 5.92 Å². The summed E-state index contributed by atoms with van der Waals surface area (Å²) >= 11 is 9.53. The first kappa shape index (κ1) is 13.8. The number of rotatable bonds is 2. The van der Waals surface area contributed by atoms with Crippen LogP contribution in [-0.2, 0) is 9.53 Å². The standard InChI is InChI=1S/C13H13BrClN3O2/c1-20-13(19)8-3-2-7(6-8)12-17-10(14)9-11(15)16-4-5-18(9)12/h4-5,7-8H,2-3,6H2,1H3/t7-,8+/m0/s1. The second-order valence-electron chi connectivity index (χ2n) is 4.93. The van der Waals surface area contributed by atoms with Gasteiger partial charge in [-0.25, -0.2) is 9.97 Å². The van der Waals surface area contributed by atoms with E-state index >= 15 is 0 Å². The minimum atomic E-state index is -0.132. The van der Waals surface area contributed by atoms with Gasteiger partial charge in [0.05, 0.1) is 13.0 Å². The molecule has 1 aliphatic rings. The van der Waals surface area contributed by atoms with Gasteiger partial charge in [0, 0.05) is 18.3 Å². The summed E-state index contributed by atoms with van der Waals surface area (Å²) in [5.74, 6) is 0.986. The molecule has 2 atom stereocenters. The van der Waals surface area contributed by atoms with Crippen molar-refractivity contribution in [1.29, 1.82) is 0 Å². The minimum absolute atomic E-state index is 0.0339. The third-order valence-electron chi connectivity index (χ3n) is 3.83. The van der Waals surface area contributed by atoms with Gasteiger partial charge in [-0.2, -0.15) is 0 Å². The first-order valence-corrected chi connectivity index (χ1v) is 7.54. The summed E-state index contributed by atoms with van der Waals surface area (Å²) in [7, 11) is 1.43. The Bertz CT molecular complexity index is 673. The Labute approximate surface area is 129 Å². The highest BCUT2D eigenvalue weighted by Crippen LogP contribution is 2.40. The van der Waals surface area contributed by atoms with Crippen molar-refractivity contribution in [3.8, 4) is 0 Å². The second kappa shape index (κ2) is 5.33. The molecule has 20 heavy (non-hydrogen) atoms. The van der Waals surface area contributed by atoms with Crippen LogP contribution < -0.4 is 0 Å². The van der Waals surface area contributed by atoms with Crippen LogP contribution in [0.5, 0.6) is 0 Å². The SMILES string of the molecule is COC(=O)[C@@H]1CC[C@H](c2nc(Br)c3c(Cl)nccn23)C1. The fourth-order valence-electron chi connectivity index (χ4n) is 2.87. The molecule has 1 aliphatic carbocycles. The van der Waals surface area contributed by atoms with E-state index in [2.05, 4.69) is 25.9 Å². The number of nitrogens with zero attached hydrogens (tertiary/aromatic N) is 3. The predicted molar refractivity (Wildman–Crippen MR) is 77.8 cm³/mol. The van der Waals surface area contributed by atoms with Crippen molar-refractivity contribution in [2.45, 2.75) is 25.2 Å². The van der Waals surface area contributed by atoms with E-state index in [0.717, 1.165) is 30.6 Å². The number of aromatic nitrogens is 3. The average Bonchev–Trinajstić information content (AvgIpc) is 3.04. The van der Waals surface area contributed by atoms with Crippen molar-refractivity contribution in [1.82, 2.24) is 14.4 Å². The highest BCUT2D eigenvalue weighted by molar-refractivity contribution is 9.10. The minimum Gasteiger partial charge on any atom is -0.469 e. The van der Waals surface area contributed by atoms with Crippen LogP contribution in [0.15, 0.2) is 17.0 Å². The van der Waals surface area contributed by atoms with Crippen LogP contribution in [-0.4, -0.2) is 27.4 Å². The van der Waals surface area contributed by atoms with Gasteiger partial charge in [-0.05, 0) is 35.2 Å². The molecule has 5 nitrogen and oxygen atoms in total. The van der Waals surface area contributed by atoms with Crippen LogP contribution in [0.4, 0.5) is 0 Å². The predicted octanol–water partition coefficient (Wildman–Crippen LogP) is 3.20. The molecule has 106 valence electrons. The number of carbonyl (C=O) groups excluding carboxylic acids is 1. The molecule has 2 heterocycles. The molecule has 0 N–H and O–H groups in total. The Hall–Kier alpha value is -1.14. The van der Waals surface area contributed by atoms with Crippen LogP contribution >= 0.6 is 27.5 Å². The van der Waals surface area contributed by atoms with Crippen molar-refractivity contribution < 1.29 is 9.53 Å². The first-order valence-electron chi connectivity index (χ1n) is 6.37. The molecule has 1 saturated carbocycles. The molecule has 7 heteroatoms. The Morgan fingerprint density at radius 2 is 2.35 bits per heavy atom. The first-order chi connectivity index (χ1) is 9.61. The molecule has 2 aromatic heterocycles. The van der Waals surface area contributed by atoms with Gasteiger partial charge in [0.2, 0.25) is 0 Å². The van der Waals surface area contributed by atoms with Crippen LogP contribution in [0.2, 0.25) is 5.15 Å². The van der Waals surface area contributed by atoms with Gasteiger partial charge in [-0.3, -0.25) is 9.20 Å². The number of hydrogen-bond acceptors (Lipinski definition) is 4.